The Morgan fingerprint density at radius 3 is 1.58 bits per heavy atom. The molecule has 0 aliphatic carbocycles. The predicted octanol–water partition coefficient (Wildman–Crippen LogP) is 3.83. The number of nitrogens with zero attached hydrogens (tertiary/aromatic N) is 1. The van der Waals surface area contributed by atoms with Crippen LogP contribution in [0.2, 0.25) is 0 Å². The van der Waals surface area contributed by atoms with Gasteiger partial charge in [0.05, 0.1) is 11.6 Å². The van der Waals surface area contributed by atoms with E-state index in [-0.39, 0.29) is 5.69 Å². The molecule has 0 aromatic heterocycles. The Hall–Kier alpha value is -1.89. The van der Waals surface area contributed by atoms with Gasteiger partial charge >= 0.3 is 0 Å². The van der Waals surface area contributed by atoms with Gasteiger partial charge in [-0.2, -0.15) is 5.26 Å². The lowest BCUT2D eigenvalue weighted by atomic mass is 10.1. The average molecular weight is 261 g/mol. The third-order valence-electron chi connectivity index (χ3n) is 2.03. The van der Waals surface area contributed by atoms with Gasteiger partial charge in [-0.25, -0.2) is 0 Å². The van der Waals surface area contributed by atoms with Crippen LogP contribution in [0.25, 0.3) is 0 Å². The van der Waals surface area contributed by atoms with Gasteiger partial charge in [-0.15, -0.1) is 0 Å². The summed E-state index contributed by atoms with van der Waals surface area (Å²) in [5, 5.41) is 9.05. The maximum atomic E-state index is 9.05. The van der Waals surface area contributed by atoms with E-state index in [1.54, 1.807) is 12.1 Å². The van der Waals surface area contributed by atoms with Crippen LogP contribution in [-0.2, 0) is 0 Å². The molecule has 19 heavy (non-hydrogen) atoms. The van der Waals surface area contributed by atoms with Crippen molar-refractivity contribution in [2.45, 2.75) is 52.7 Å². The van der Waals surface area contributed by atoms with E-state index in [9.17, 15) is 0 Å². The number of nitriles is 1. The molecule has 0 bridgehead atoms. The zero-order valence-electron chi connectivity index (χ0n) is 12.4. The molecule has 1 aromatic carbocycles. The molecule has 4 heteroatoms. The second kappa shape index (κ2) is 5.00. The normalized spacial score (nSPS) is 11.8. The SMILES string of the molecule is CC(C)(C)Oc1cc(C#N)cc(OC(C)(C)C)c1[NH]. The molecule has 0 amide bonds. The number of hydrogen-bond donors (Lipinski definition) is 0. The average Bonchev–Trinajstić information content (AvgIpc) is 2.19. The van der Waals surface area contributed by atoms with Crippen LogP contribution in [0.4, 0.5) is 5.69 Å². The summed E-state index contributed by atoms with van der Waals surface area (Å²) in [4.78, 5) is 0. The highest BCUT2D eigenvalue weighted by atomic mass is 16.5. The van der Waals surface area contributed by atoms with Crippen LogP contribution in [0.1, 0.15) is 47.1 Å². The highest BCUT2D eigenvalue weighted by molar-refractivity contribution is 5.63. The van der Waals surface area contributed by atoms with Gasteiger partial charge in [0.1, 0.15) is 28.4 Å². The molecule has 0 atom stereocenters. The van der Waals surface area contributed by atoms with E-state index in [4.69, 9.17) is 20.5 Å². The molecular formula is C15H21N2O2. The van der Waals surface area contributed by atoms with E-state index in [0.717, 1.165) is 0 Å². The Bertz CT molecular complexity index is 465. The monoisotopic (exact) mass is 261 g/mol. The minimum Gasteiger partial charge on any atom is -0.486 e. The van der Waals surface area contributed by atoms with Crippen molar-refractivity contribution in [2.75, 3.05) is 0 Å². The number of benzene rings is 1. The molecule has 0 aliphatic rings. The summed E-state index contributed by atoms with van der Waals surface area (Å²) in [5.74, 6) is 0.733. The summed E-state index contributed by atoms with van der Waals surface area (Å²) >= 11 is 0. The molecule has 0 heterocycles. The van der Waals surface area contributed by atoms with Crippen molar-refractivity contribution in [2.24, 2.45) is 0 Å². The third kappa shape index (κ3) is 4.70. The minimum atomic E-state index is -0.428. The van der Waals surface area contributed by atoms with E-state index in [1.165, 1.54) is 0 Å². The highest BCUT2D eigenvalue weighted by Gasteiger charge is 2.21. The number of ether oxygens (including phenoxy) is 2. The summed E-state index contributed by atoms with van der Waals surface area (Å²) in [6.07, 6.45) is 0. The molecule has 0 spiro atoms. The van der Waals surface area contributed by atoms with Gasteiger partial charge in [-0.1, -0.05) is 0 Å². The van der Waals surface area contributed by atoms with Gasteiger partial charge in [-0.05, 0) is 41.5 Å². The fourth-order valence-corrected chi connectivity index (χ4v) is 1.48. The molecule has 1 rings (SSSR count). The van der Waals surface area contributed by atoms with Crippen LogP contribution in [0.5, 0.6) is 11.5 Å². The Morgan fingerprint density at radius 1 is 0.947 bits per heavy atom. The molecule has 0 aliphatic heterocycles. The number of hydrogen-bond acceptors (Lipinski definition) is 3. The van der Waals surface area contributed by atoms with Crippen molar-refractivity contribution in [3.8, 4) is 17.6 Å². The summed E-state index contributed by atoms with van der Waals surface area (Å²) in [6, 6.07) is 5.21. The lowest BCUT2D eigenvalue weighted by molar-refractivity contribution is 0.122. The minimum absolute atomic E-state index is 0.170. The van der Waals surface area contributed by atoms with Crippen molar-refractivity contribution < 1.29 is 9.47 Å². The first kappa shape index (κ1) is 15.2. The van der Waals surface area contributed by atoms with Crippen molar-refractivity contribution in [1.29, 1.82) is 5.26 Å². The third-order valence-corrected chi connectivity index (χ3v) is 2.03. The molecule has 4 nitrogen and oxygen atoms in total. The van der Waals surface area contributed by atoms with Crippen LogP contribution in [0.15, 0.2) is 12.1 Å². The fourth-order valence-electron chi connectivity index (χ4n) is 1.48. The van der Waals surface area contributed by atoms with E-state index >= 15 is 0 Å². The number of nitrogens with one attached hydrogen (secondary N) is 1. The maximum Gasteiger partial charge on any atom is 0.150 e. The van der Waals surface area contributed by atoms with Crippen molar-refractivity contribution in [3.63, 3.8) is 0 Å². The quantitative estimate of drug-likeness (QED) is 0.812. The molecule has 0 unspecified atom stereocenters. The van der Waals surface area contributed by atoms with Gasteiger partial charge in [0, 0.05) is 12.1 Å². The van der Waals surface area contributed by atoms with Crippen LogP contribution >= 0.6 is 0 Å². The molecule has 1 N–H and O–H groups in total. The zero-order valence-corrected chi connectivity index (χ0v) is 12.4. The van der Waals surface area contributed by atoms with E-state index in [2.05, 4.69) is 6.07 Å². The number of rotatable bonds is 2. The Morgan fingerprint density at radius 2 is 1.32 bits per heavy atom. The zero-order chi connectivity index (χ0) is 14.8. The van der Waals surface area contributed by atoms with Crippen LogP contribution < -0.4 is 15.2 Å². The van der Waals surface area contributed by atoms with E-state index < -0.39 is 11.2 Å². The Balaban J connectivity index is 3.26. The van der Waals surface area contributed by atoms with Crippen molar-refractivity contribution in [3.05, 3.63) is 17.7 Å². The van der Waals surface area contributed by atoms with Gasteiger partial charge in [0.25, 0.3) is 0 Å². The maximum absolute atomic E-state index is 9.05. The first-order valence-electron chi connectivity index (χ1n) is 6.19. The van der Waals surface area contributed by atoms with Crippen LogP contribution in [0, 0.1) is 11.3 Å². The van der Waals surface area contributed by atoms with E-state index in [0.29, 0.717) is 17.1 Å². The molecular weight excluding hydrogens is 240 g/mol. The second-order valence-electron chi connectivity index (χ2n) is 6.39. The van der Waals surface area contributed by atoms with Crippen molar-refractivity contribution >= 4 is 5.69 Å². The van der Waals surface area contributed by atoms with Gasteiger partial charge in [0.2, 0.25) is 0 Å². The molecule has 0 fully saturated rings. The first-order valence-corrected chi connectivity index (χ1v) is 6.19. The summed E-state index contributed by atoms with van der Waals surface area (Å²) < 4.78 is 11.4. The van der Waals surface area contributed by atoms with E-state index in [1.807, 2.05) is 41.5 Å². The highest BCUT2D eigenvalue weighted by Crippen LogP contribution is 2.38. The molecule has 1 radical (unpaired) electrons. The predicted molar refractivity (Wildman–Crippen MR) is 74.7 cm³/mol. The molecule has 0 saturated heterocycles. The van der Waals surface area contributed by atoms with Gasteiger partial charge in [-0.3, -0.25) is 5.73 Å². The topological polar surface area (TPSA) is 66.0 Å². The molecule has 1 aromatic rings. The summed E-state index contributed by atoms with van der Waals surface area (Å²) in [7, 11) is 0. The fraction of sp³-hybridized carbons (Fsp3) is 0.533. The Labute approximate surface area is 115 Å². The standard InChI is InChI=1S/C15H21N2O2/c1-14(2,3)18-11-7-10(9-16)8-12(13(11)17)19-15(4,5)6/h7-8,17H,1-6H3. The first-order chi connectivity index (χ1) is 8.52. The lowest BCUT2D eigenvalue weighted by Gasteiger charge is -2.26. The second-order valence-corrected chi connectivity index (χ2v) is 6.39. The molecule has 0 saturated carbocycles. The molecule has 103 valence electrons. The smallest absolute Gasteiger partial charge is 0.150 e. The largest absolute Gasteiger partial charge is 0.486 e. The summed E-state index contributed by atoms with van der Waals surface area (Å²) in [5.41, 5.74) is 7.86. The van der Waals surface area contributed by atoms with Crippen LogP contribution in [-0.4, -0.2) is 11.2 Å². The Kier molecular flexibility index (Phi) is 4.00. The lowest BCUT2D eigenvalue weighted by Crippen LogP contribution is -2.25. The summed E-state index contributed by atoms with van der Waals surface area (Å²) in [6.45, 7) is 11.4. The van der Waals surface area contributed by atoms with Gasteiger partial charge < -0.3 is 9.47 Å². The van der Waals surface area contributed by atoms with Crippen LogP contribution in [0.3, 0.4) is 0 Å². The van der Waals surface area contributed by atoms with Gasteiger partial charge in [0.15, 0.2) is 0 Å². The van der Waals surface area contributed by atoms with Crippen molar-refractivity contribution in [1.82, 2.24) is 5.73 Å².